The van der Waals surface area contributed by atoms with Crippen molar-refractivity contribution in [3.8, 4) is 0 Å². The van der Waals surface area contributed by atoms with Gasteiger partial charge >= 0.3 is 0 Å². The van der Waals surface area contributed by atoms with E-state index < -0.39 is 0 Å². The number of carbonyl (C=O) groups excluding carboxylic acids is 2. The molecule has 1 aliphatic heterocycles. The Morgan fingerprint density at radius 3 is 2.78 bits per heavy atom. The molecule has 4 rings (SSSR count). The molecule has 5 heteroatoms. The summed E-state index contributed by atoms with van der Waals surface area (Å²) in [5.41, 5.74) is 3.30. The Morgan fingerprint density at radius 1 is 1.15 bits per heavy atom. The Bertz CT molecular complexity index is 882. The van der Waals surface area contributed by atoms with E-state index in [1.54, 1.807) is 0 Å². The zero-order chi connectivity index (χ0) is 19.0. The Kier molecular flexibility index (Phi) is 4.92. The number of fused-ring (bicyclic) bond motifs is 1. The maximum absolute atomic E-state index is 13.0. The van der Waals surface area contributed by atoms with Gasteiger partial charge < -0.3 is 10.2 Å². The van der Waals surface area contributed by atoms with Crippen LogP contribution in [0.4, 0.5) is 5.69 Å². The fraction of sp³-hybridized carbons (Fsp3) is 0.364. The quantitative estimate of drug-likeness (QED) is 0.858. The summed E-state index contributed by atoms with van der Waals surface area (Å²) in [5.74, 6) is -0.320. The van der Waals surface area contributed by atoms with Crippen LogP contribution >= 0.6 is 11.6 Å². The topological polar surface area (TPSA) is 49.4 Å². The zero-order valence-electron chi connectivity index (χ0n) is 15.3. The largest absolute Gasteiger partial charge is 0.356 e. The highest BCUT2D eigenvalue weighted by Crippen LogP contribution is 2.43. The van der Waals surface area contributed by atoms with E-state index in [1.165, 1.54) is 5.56 Å². The summed E-state index contributed by atoms with van der Waals surface area (Å²) in [6, 6.07) is 15.8. The van der Waals surface area contributed by atoms with Crippen molar-refractivity contribution in [2.75, 3.05) is 11.4 Å². The molecule has 0 saturated heterocycles. The minimum absolute atomic E-state index is 0.0180. The van der Waals surface area contributed by atoms with Gasteiger partial charge in [-0.1, -0.05) is 41.9 Å². The Balaban J connectivity index is 1.31. The number of para-hydroxylation sites is 1. The molecule has 0 spiro atoms. The Labute approximate surface area is 164 Å². The van der Waals surface area contributed by atoms with Crippen molar-refractivity contribution in [3.63, 3.8) is 0 Å². The molecule has 3 unspecified atom stereocenters. The highest BCUT2D eigenvalue weighted by molar-refractivity contribution is 6.30. The van der Waals surface area contributed by atoms with Crippen LogP contribution in [0.3, 0.4) is 0 Å². The van der Waals surface area contributed by atoms with Crippen LogP contribution in [0, 0.1) is 11.8 Å². The molecule has 27 heavy (non-hydrogen) atoms. The highest BCUT2D eigenvalue weighted by Gasteiger charge is 2.51. The molecule has 1 fully saturated rings. The number of hydrogen-bond acceptors (Lipinski definition) is 2. The molecule has 3 atom stereocenters. The number of halogens is 1. The summed E-state index contributed by atoms with van der Waals surface area (Å²) in [7, 11) is 0. The third-order valence-electron chi connectivity index (χ3n) is 5.49. The van der Waals surface area contributed by atoms with E-state index in [2.05, 4.69) is 18.3 Å². The predicted molar refractivity (Wildman–Crippen MR) is 107 cm³/mol. The number of amides is 2. The van der Waals surface area contributed by atoms with Crippen molar-refractivity contribution in [2.45, 2.75) is 32.2 Å². The lowest BCUT2D eigenvalue weighted by atomic mass is 10.1. The van der Waals surface area contributed by atoms with Crippen LogP contribution in [0.2, 0.25) is 5.02 Å². The average Bonchev–Trinajstić information content (AvgIpc) is 3.37. The van der Waals surface area contributed by atoms with Gasteiger partial charge in [-0.3, -0.25) is 9.59 Å². The normalized spacial score (nSPS) is 23.0. The number of rotatable bonds is 5. The van der Waals surface area contributed by atoms with Gasteiger partial charge in [-0.05, 0) is 55.5 Å². The van der Waals surface area contributed by atoms with Crippen LogP contribution in [0.1, 0.15) is 24.5 Å². The maximum atomic E-state index is 13.0. The minimum Gasteiger partial charge on any atom is -0.356 e. The maximum Gasteiger partial charge on any atom is 0.231 e. The lowest BCUT2D eigenvalue weighted by Crippen LogP contribution is -2.38. The van der Waals surface area contributed by atoms with Gasteiger partial charge in [-0.2, -0.15) is 0 Å². The number of benzene rings is 2. The monoisotopic (exact) mass is 382 g/mol. The summed E-state index contributed by atoms with van der Waals surface area (Å²) < 4.78 is 0. The number of nitrogens with zero attached hydrogens (tertiary/aromatic N) is 1. The third-order valence-corrected chi connectivity index (χ3v) is 5.73. The van der Waals surface area contributed by atoms with E-state index in [9.17, 15) is 9.59 Å². The van der Waals surface area contributed by atoms with Gasteiger partial charge in [-0.25, -0.2) is 0 Å². The molecule has 0 aromatic heterocycles. The van der Waals surface area contributed by atoms with Crippen LogP contribution in [0.5, 0.6) is 0 Å². The molecule has 2 aromatic carbocycles. The molecule has 1 N–H and O–H groups in total. The second-order valence-corrected chi connectivity index (χ2v) is 7.95. The van der Waals surface area contributed by atoms with Crippen molar-refractivity contribution in [1.82, 2.24) is 5.32 Å². The molecular weight excluding hydrogens is 360 g/mol. The van der Waals surface area contributed by atoms with Crippen LogP contribution in [-0.4, -0.2) is 24.4 Å². The van der Waals surface area contributed by atoms with E-state index in [0.29, 0.717) is 18.0 Å². The van der Waals surface area contributed by atoms with Gasteiger partial charge in [0.1, 0.15) is 0 Å². The first-order chi connectivity index (χ1) is 13.0. The predicted octanol–water partition coefficient (Wildman–Crippen LogP) is 3.61. The number of nitrogens with one attached hydrogen (secondary N) is 1. The molecule has 1 saturated carbocycles. The Hall–Kier alpha value is -2.33. The van der Waals surface area contributed by atoms with E-state index in [0.717, 1.165) is 24.1 Å². The summed E-state index contributed by atoms with van der Waals surface area (Å²) in [4.78, 5) is 27.3. The molecule has 0 radical (unpaired) electrons. The fourth-order valence-corrected chi connectivity index (χ4v) is 4.20. The summed E-state index contributed by atoms with van der Waals surface area (Å²) in [6.07, 6.45) is 2.26. The molecular formula is C22H23ClN2O2. The minimum atomic E-state index is -0.197. The van der Waals surface area contributed by atoms with E-state index in [1.807, 2.05) is 47.4 Å². The number of anilines is 1. The van der Waals surface area contributed by atoms with E-state index in [-0.39, 0.29) is 29.7 Å². The smallest absolute Gasteiger partial charge is 0.231 e. The van der Waals surface area contributed by atoms with Gasteiger partial charge in [0.15, 0.2) is 0 Å². The Morgan fingerprint density at radius 2 is 1.96 bits per heavy atom. The van der Waals surface area contributed by atoms with Crippen molar-refractivity contribution >= 4 is 29.1 Å². The van der Waals surface area contributed by atoms with Crippen LogP contribution in [-0.2, 0) is 22.4 Å². The third kappa shape index (κ3) is 3.72. The summed E-state index contributed by atoms with van der Waals surface area (Å²) in [6.45, 7) is 2.62. The highest BCUT2D eigenvalue weighted by atomic mass is 35.5. The summed E-state index contributed by atoms with van der Waals surface area (Å²) >= 11 is 5.98. The number of carbonyl (C=O) groups is 2. The van der Waals surface area contributed by atoms with Crippen molar-refractivity contribution in [3.05, 3.63) is 64.7 Å². The lowest BCUT2D eigenvalue weighted by molar-refractivity contribution is -0.126. The van der Waals surface area contributed by atoms with Gasteiger partial charge in [0, 0.05) is 23.3 Å². The van der Waals surface area contributed by atoms with Crippen molar-refractivity contribution in [1.29, 1.82) is 0 Å². The van der Waals surface area contributed by atoms with Crippen LogP contribution < -0.4 is 10.2 Å². The lowest BCUT2D eigenvalue weighted by Gasteiger charge is -2.23. The zero-order valence-corrected chi connectivity index (χ0v) is 16.1. The molecule has 140 valence electrons. The van der Waals surface area contributed by atoms with Crippen LogP contribution in [0.15, 0.2) is 48.5 Å². The SMILES string of the molecule is CC1Cc2ccccc2N1C(=O)C1CC1C(=O)NCCc1cccc(Cl)c1. The van der Waals surface area contributed by atoms with E-state index in [4.69, 9.17) is 11.6 Å². The molecule has 1 heterocycles. The van der Waals surface area contributed by atoms with Gasteiger partial charge in [0.05, 0.1) is 11.8 Å². The first kappa shape index (κ1) is 18.1. The first-order valence-corrected chi connectivity index (χ1v) is 9.85. The second kappa shape index (κ2) is 7.35. The van der Waals surface area contributed by atoms with Crippen molar-refractivity contribution in [2.24, 2.45) is 11.8 Å². The summed E-state index contributed by atoms with van der Waals surface area (Å²) in [5, 5.41) is 3.67. The van der Waals surface area contributed by atoms with Gasteiger partial charge in [0.25, 0.3) is 0 Å². The first-order valence-electron chi connectivity index (χ1n) is 9.47. The molecule has 2 amide bonds. The molecule has 2 aliphatic rings. The van der Waals surface area contributed by atoms with Gasteiger partial charge in [0.2, 0.25) is 11.8 Å². The standard InChI is InChI=1S/C22H23ClN2O2/c1-14-11-16-6-2-3-8-20(16)25(14)22(27)19-13-18(19)21(26)24-10-9-15-5-4-7-17(23)12-15/h2-8,12,14,18-19H,9-11,13H2,1H3,(H,24,26). The molecule has 1 aliphatic carbocycles. The molecule has 0 bridgehead atoms. The van der Waals surface area contributed by atoms with E-state index >= 15 is 0 Å². The number of hydrogen-bond donors (Lipinski definition) is 1. The average molecular weight is 383 g/mol. The van der Waals surface area contributed by atoms with Crippen LogP contribution in [0.25, 0.3) is 0 Å². The molecule has 2 aromatic rings. The molecule has 4 nitrogen and oxygen atoms in total. The van der Waals surface area contributed by atoms with Gasteiger partial charge in [-0.15, -0.1) is 0 Å². The van der Waals surface area contributed by atoms with Crippen molar-refractivity contribution < 1.29 is 9.59 Å². The second-order valence-electron chi connectivity index (χ2n) is 7.51. The fourth-order valence-electron chi connectivity index (χ4n) is 3.99.